The minimum absolute atomic E-state index is 0.308. The maximum Gasteiger partial charge on any atom is 0.173 e. The van der Waals surface area contributed by atoms with Gasteiger partial charge >= 0.3 is 0 Å². The van der Waals surface area contributed by atoms with Crippen molar-refractivity contribution in [3.63, 3.8) is 0 Å². The molecule has 2 nitrogen and oxygen atoms in total. The number of benzene rings is 2. The summed E-state index contributed by atoms with van der Waals surface area (Å²) in [5.41, 5.74) is 3.77. The molecule has 0 amide bonds. The number of halogens is 2. The Balaban J connectivity index is 2.07. The molecule has 116 valence electrons. The summed E-state index contributed by atoms with van der Waals surface area (Å²) in [7, 11) is 1.80. The molecule has 0 bridgehead atoms. The lowest BCUT2D eigenvalue weighted by atomic mass is 10.1. The maximum absolute atomic E-state index is 13.8. The third kappa shape index (κ3) is 3.96. The summed E-state index contributed by atoms with van der Waals surface area (Å²) >= 11 is 11.4. The van der Waals surface area contributed by atoms with Crippen LogP contribution in [0.3, 0.4) is 0 Å². The quantitative estimate of drug-likeness (QED) is 0.800. The van der Waals surface area contributed by atoms with Gasteiger partial charge in [-0.2, -0.15) is 0 Å². The minimum atomic E-state index is -0.326. The molecule has 0 saturated carbocycles. The fraction of sp³-hybridized carbons (Fsp3) is 0.235. The molecule has 0 aliphatic carbocycles. The smallest absolute Gasteiger partial charge is 0.173 e. The summed E-state index contributed by atoms with van der Waals surface area (Å²) in [6, 6.07) is 10.7. The van der Waals surface area contributed by atoms with Crippen LogP contribution in [0.1, 0.15) is 16.7 Å². The molecule has 0 aromatic heterocycles. The molecule has 0 radical (unpaired) electrons. The van der Waals surface area contributed by atoms with Gasteiger partial charge in [-0.1, -0.05) is 23.7 Å². The molecule has 0 saturated heterocycles. The van der Waals surface area contributed by atoms with E-state index in [1.807, 2.05) is 25.1 Å². The SMILES string of the molecule is Cc1ccc(NC(=S)N(C)Cc2c(F)cccc2Cl)cc1C. The Labute approximate surface area is 140 Å². The first-order chi connectivity index (χ1) is 10.4. The van der Waals surface area contributed by atoms with E-state index in [4.69, 9.17) is 23.8 Å². The largest absolute Gasteiger partial charge is 0.348 e. The van der Waals surface area contributed by atoms with Crippen LogP contribution in [0, 0.1) is 19.7 Å². The first kappa shape index (κ1) is 16.7. The van der Waals surface area contributed by atoms with E-state index in [0.717, 1.165) is 5.69 Å². The zero-order chi connectivity index (χ0) is 16.3. The van der Waals surface area contributed by atoms with E-state index >= 15 is 0 Å². The van der Waals surface area contributed by atoms with Gasteiger partial charge in [-0.25, -0.2) is 4.39 Å². The lowest BCUT2D eigenvalue weighted by Crippen LogP contribution is -2.31. The standard InChI is InChI=1S/C17H18ClFN2S/c1-11-7-8-13(9-12(11)2)20-17(22)21(3)10-14-15(18)5-4-6-16(14)19/h4-9H,10H2,1-3H3,(H,20,22). The highest BCUT2D eigenvalue weighted by Crippen LogP contribution is 2.21. The van der Waals surface area contributed by atoms with Crippen LogP contribution in [0.4, 0.5) is 10.1 Å². The van der Waals surface area contributed by atoms with Crippen molar-refractivity contribution >= 4 is 34.6 Å². The molecule has 22 heavy (non-hydrogen) atoms. The van der Waals surface area contributed by atoms with Crippen molar-refractivity contribution in [2.45, 2.75) is 20.4 Å². The second-order valence-electron chi connectivity index (χ2n) is 5.29. The van der Waals surface area contributed by atoms with Crippen LogP contribution in [0.25, 0.3) is 0 Å². The number of nitrogens with one attached hydrogen (secondary N) is 1. The van der Waals surface area contributed by atoms with E-state index in [-0.39, 0.29) is 5.82 Å². The molecular weight excluding hydrogens is 319 g/mol. The molecule has 0 aliphatic rings. The minimum Gasteiger partial charge on any atom is -0.348 e. The third-order valence-corrected chi connectivity index (χ3v) is 4.33. The number of hydrogen-bond acceptors (Lipinski definition) is 1. The average molecular weight is 337 g/mol. The Bertz CT molecular complexity index is 683. The number of hydrogen-bond donors (Lipinski definition) is 1. The zero-order valence-electron chi connectivity index (χ0n) is 12.8. The van der Waals surface area contributed by atoms with Crippen LogP contribution in [0.5, 0.6) is 0 Å². The number of aryl methyl sites for hydroxylation is 2. The molecule has 0 heterocycles. The van der Waals surface area contributed by atoms with Crippen molar-refractivity contribution in [3.8, 4) is 0 Å². The molecule has 1 N–H and O–H groups in total. The summed E-state index contributed by atoms with van der Waals surface area (Å²) < 4.78 is 13.8. The molecule has 0 fully saturated rings. The van der Waals surface area contributed by atoms with E-state index in [1.165, 1.54) is 17.2 Å². The second kappa shape index (κ2) is 7.07. The van der Waals surface area contributed by atoms with Gasteiger partial charge in [0, 0.05) is 29.9 Å². The van der Waals surface area contributed by atoms with Gasteiger partial charge in [0.15, 0.2) is 5.11 Å². The Kier molecular flexibility index (Phi) is 5.37. The van der Waals surface area contributed by atoms with Crippen molar-refractivity contribution in [2.24, 2.45) is 0 Å². The fourth-order valence-corrected chi connectivity index (χ4v) is 2.44. The molecule has 5 heteroatoms. The van der Waals surface area contributed by atoms with Crippen molar-refractivity contribution in [1.29, 1.82) is 0 Å². The lowest BCUT2D eigenvalue weighted by molar-refractivity contribution is 0.486. The van der Waals surface area contributed by atoms with Gasteiger partial charge in [-0.3, -0.25) is 0 Å². The summed E-state index contributed by atoms with van der Waals surface area (Å²) in [6.07, 6.45) is 0. The van der Waals surface area contributed by atoms with Gasteiger partial charge in [0.05, 0.1) is 0 Å². The molecule has 2 rings (SSSR count). The molecule has 0 atom stereocenters. The van der Waals surface area contributed by atoms with Crippen LogP contribution in [0.15, 0.2) is 36.4 Å². The molecule has 2 aromatic carbocycles. The first-order valence-corrected chi connectivity index (χ1v) is 7.69. The normalized spacial score (nSPS) is 10.4. The van der Waals surface area contributed by atoms with E-state index in [2.05, 4.69) is 12.2 Å². The van der Waals surface area contributed by atoms with Gasteiger partial charge in [-0.05, 0) is 61.5 Å². The van der Waals surface area contributed by atoms with Crippen LogP contribution in [-0.2, 0) is 6.54 Å². The molecule has 0 spiro atoms. The number of rotatable bonds is 3. The van der Waals surface area contributed by atoms with Gasteiger partial charge < -0.3 is 10.2 Å². The van der Waals surface area contributed by atoms with Gasteiger partial charge in [0.1, 0.15) is 5.82 Å². The average Bonchev–Trinajstić information content (AvgIpc) is 2.46. The maximum atomic E-state index is 13.8. The molecular formula is C17H18ClFN2S. The predicted molar refractivity (Wildman–Crippen MR) is 95.0 cm³/mol. The van der Waals surface area contributed by atoms with E-state index in [0.29, 0.717) is 22.2 Å². The third-order valence-electron chi connectivity index (χ3n) is 3.56. The highest BCUT2D eigenvalue weighted by Gasteiger charge is 2.12. The van der Waals surface area contributed by atoms with Gasteiger partial charge in [0.25, 0.3) is 0 Å². The Morgan fingerprint density at radius 2 is 1.95 bits per heavy atom. The summed E-state index contributed by atoms with van der Waals surface area (Å²) in [4.78, 5) is 1.76. The Hall–Kier alpha value is -1.65. The van der Waals surface area contributed by atoms with Crippen molar-refractivity contribution in [2.75, 3.05) is 12.4 Å². The summed E-state index contributed by atoms with van der Waals surface area (Å²) in [5, 5.41) is 4.08. The number of anilines is 1. The van der Waals surface area contributed by atoms with Crippen LogP contribution >= 0.6 is 23.8 Å². The van der Waals surface area contributed by atoms with Crippen molar-refractivity contribution in [3.05, 3.63) is 63.9 Å². The summed E-state index contributed by atoms with van der Waals surface area (Å²) in [5.74, 6) is -0.326. The van der Waals surface area contributed by atoms with Crippen LogP contribution in [0.2, 0.25) is 5.02 Å². The van der Waals surface area contributed by atoms with Crippen molar-refractivity contribution < 1.29 is 4.39 Å². The fourth-order valence-electron chi connectivity index (χ4n) is 2.03. The highest BCUT2D eigenvalue weighted by atomic mass is 35.5. The molecule has 0 unspecified atom stereocenters. The highest BCUT2D eigenvalue weighted by molar-refractivity contribution is 7.80. The number of nitrogens with zero attached hydrogens (tertiary/aromatic N) is 1. The van der Waals surface area contributed by atoms with Gasteiger partial charge in [0.2, 0.25) is 0 Å². The predicted octanol–water partition coefficient (Wildman–Crippen LogP) is 4.92. The Morgan fingerprint density at radius 3 is 2.59 bits per heavy atom. The van der Waals surface area contributed by atoms with Crippen molar-refractivity contribution in [1.82, 2.24) is 4.90 Å². The Morgan fingerprint density at radius 1 is 1.23 bits per heavy atom. The lowest BCUT2D eigenvalue weighted by Gasteiger charge is -2.22. The van der Waals surface area contributed by atoms with E-state index in [9.17, 15) is 4.39 Å². The number of thiocarbonyl (C=S) groups is 1. The molecule has 2 aromatic rings. The first-order valence-electron chi connectivity index (χ1n) is 6.90. The summed E-state index contributed by atoms with van der Waals surface area (Å²) in [6.45, 7) is 4.41. The monoisotopic (exact) mass is 336 g/mol. The topological polar surface area (TPSA) is 15.3 Å². The van der Waals surface area contributed by atoms with E-state index in [1.54, 1.807) is 24.1 Å². The van der Waals surface area contributed by atoms with Gasteiger partial charge in [-0.15, -0.1) is 0 Å². The van der Waals surface area contributed by atoms with Crippen LogP contribution < -0.4 is 5.32 Å². The van der Waals surface area contributed by atoms with E-state index < -0.39 is 0 Å². The van der Waals surface area contributed by atoms with Crippen LogP contribution in [-0.4, -0.2) is 17.1 Å². The molecule has 0 aliphatic heterocycles. The zero-order valence-corrected chi connectivity index (χ0v) is 14.4. The second-order valence-corrected chi connectivity index (χ2v) is 6.08.